The second-order valence-corrected chi connectivity index (χ2v) is 5.28. The lowest BCUT2D eigenvalue weighted by molar-refractivity contribution is 0.573. The smallest absolute Gasteiger partial charge is 0.146 e. The number of rotatable bonds is 3. The molecular weight excluding hydrogens is 222 g/mol. The molecule has 0 aliphatic heterocycles. The fourth-order valence-corrected chi connectivity index (χ4v) is 2.02. The van der Waals surface area contributed by atoms with Crippen LogP contribution in [0.25, 0.3) is 0 Å². The number of hydrogen-bond donors (Lipinski definition) is 1. The summed E-state index contributed by atoms with van der Waals surface area (Å²) in [4.78, 5) is 4.14. The SMILES string of the molecule is CC1(C)CC1CNc1nccc(C#N)c1Cl. The summed E-state index contributed by atoms with van der Waals surface area (Å²) in [6, 6.07) is 3.66. The number of nitrogens with zero attached hydrogens (tertiary/aromatic N) is 2. The van der Waals surface area contributed by atoms with Gasteiger partial charge in [-0.3, -0.25) is 0 Å². The molecule has 16 heavy (non-hydrogen) atoms. The van der Waals surface area contributed by atoms with E-state index < -0.39 is 0 Å². The van der Waals surface area contributed by atoms with Crippen LogP contribution in [0.1, 0.15) is 25.8 Å². The van der Waals surface area contributed by atoms with Crippen molar-refractivity contribution in [1.82, 2.24) is 4.98 Å². The van der Waals surface area contributed by atoms with Gasteiger partial charge in [-0.25, -0.2) is 4.98 Å². The minimum absolute atomic E-state index is 0.420. The van der Waals surface area contributed by atoms with E-state index in [4.69, 9.17) is 16.9 Å². The summed E-state index contributed by atoms with van der Waals surface area (Å²) >= 11 is 6.04. The third kappa shape index (κ3) is 2.12. The van der Waals surface area contributed by atoms with Gasteiger partial charge in [-0.15, -0.1) is 0 Å². The van der Waals surface area contributed by atoms with E-state index in [2.05, 4.69) is 24.1 Å². The van der Waals surface area contributed by atoms with Crippen molar-refractivity contribution in [2.45, 2.75) is 20.3 Å². The second kappa shape index (κ2) is 3.95. The molecule has 3 nitrogen and oxygen atoms in total. The first-order valence-corrected chi connectivity index (χ1v) is 5.71. The van der Waals surface area contributed by atoms with Gasteiger partial charge in [0.2, 0.25) is 0 Å². The summed E-state index contributed by atoms with van der Waals surface area (Å²) < 4.78 is 0. The molecule has 0 radical (unpaired) electrons. The largest absolute Gasteiger partial charge is 0.369 e. The number of nitrogens with one attached hydrogen (secondary N) is 1. The Morgan fingerprint density at radius 3 is 2.94 bits per heavy atom. The normalized spacial score (nSPS) is 21.2. The van der Waals surface area contributed by atoms with Crippen LogP contribution in [0, 0.1) is 22.7 Å². The Morgan fingerprint density at radius 1 is 1.69 bits per heavy atom. The van der Waals surface area contributed by atoms with E-state index in [1.165, 1.54) is 6.42 Å². The van der Waals surface area contributed by atoms with Crippen molar-refractivity contribution in [1.29, 1.82) is 5.26 Å². The zero-order chi connectivity index (χ0) is 11.8. The molecular formula is C12H14ClN3. The minimum atomic E-state index is 0.420. The molecule has 0 saturated heterocycles. The van der Waals surface area contributed by atoms with Gasteiger partial charge in [0, 0.05) is 12.7 Å². The van der Waals surface area contributed by atoms with Crippen molar-refractivity contribution in [3.63, 3.8) is 0 Å². The molecule has 1 N–H and O–H groups in total. The van der Waals surface area contributed by atoms with Crippen LogP contribution in [-0.4, -0.2) is 11.5 Å². The molecule has 1 heterocycles. The molecule has 0 amide bonds. The van der Waals surface area contributed by atoms with Crippen LogP contribution >= 0.6 is 11.6 Å². The van der Waals surface area contributed by atoms with Gasteiger partial charge >= 0.3 is 0 Å². The lowest BCUT2D eigenvalue weighted by atomic mass is 10.1. The summed E-state index contributed by atoms with van der Waals surface area (Å²) in [6.45, 7) is 5.37. The summed E-state index contributed by atoms with van der Waals surface area (Å²) in [7, 11) is 0. The lowest BCUT2D eigenvalue weighted by Crippen LogP contribution is -2.09. The van der Waals surface area contributed by atoms with Crippen molar-refractivity contribution in [2.24, 2.45) is 11.3 Å². The maximum Gasteiger partial charge on any atom is 0.146 e. The molecule has 1 aliphatic rings. The third-order valence-corrected chi connectivity index (χ3v) is 3.63. The highest BCUT2D eigenvalue weighted by Gasteiger charge is 2.45. The summed E-state index contributed by atoms with van der Waals surface area (Å²) in [5.74, 6) is 1.29. The van der Waals surface area contributed by atoms with E-state index in [9.17, 15) is 0 Å². The van der Waals surface area contributed by atoms with Crippen molar-refractivity contribution in [2.75, 3.05) is 11.9 Å². The molecule has 0 spiro atoms. The molecule has 1 saturated carbocycles. The van der Waals surface area contributed by atoms with Gasteiger partial charge in [-0.2, -0.15) is 5.26 Å². The quantitative estimate of drug-likeness (QED) is 0.876. The number of halogens is 1. The zero-order valence-electron chi connectivity index (χ0n) is 9.42. The molecule has 1 unspecified atom stereocenters. The lowest BCUT2D eigenvalue weighted by Gasteiger charge is -2.08. The molecule has 1 fully saturated rings. The van der Waals surface area contributed by atoms with E-state index in [1.807, 2.05) is 6.07 Å². The monoisotopic (exact) mass is 235 g/mol. The van der Waals surface area contributed by atoms with Gasteiger partial charge in [0.25, 0.3) is 0 Å². The van der Waals surface area contributed by atoms with Gasteiger partial charge in [0.05, 0.1) is 5.56 Å². The highest BCUT2D eigenvalue weighted by molar-refractivity contribution is 6.34. The first kappa shape index (κ1) is 11.2. The van der Waals surface area contributed by atoms with Crippen LogP contribution in [0.2, 0.25) is 5.02 Å². The first-order valence-electron chi connectivity index (χ1n) is 5.33. The molecule has 1 atom stereocenters. The number of pyridine rings is 1. The van der Waals surface area contributed by atoms with Gasteiger partial charge in [0.1, 0.15) is 16.9 Å². The van der Waals surface area contributed by atoms with Crippen LogP contribution in [0.5, 0.6) is 0 Å². The maximum absolute atomic E-state index is 8.83. The molecule has 0 aromatic carbocycles. The fraction of sp³-hybridized carbons (Fsp3) is 0.500. The Bertz CT molecular complexity index is 448. The maximum atomic E-state index is 8.83. The molecule has 84 valence electrons. The van der Waals surface area contributed by atoms with E-state index in [1.54, 1.807) is 12.3 Å². The van der Waals surface area contributed by atoms with Crippen molar-refractivity contribution < 1.29 is 0 Å². The molecule has 4 heteroatoms. The van der Waals surface area contributed by atoms with Gasteiger partial charge in [-0.1, -0.05) is 25.4 Å². The summed E-state index contributed by atoms with van der Waals surface area (Å²) in [5, 5.41) is 12.5. The predicted molar refractivity (Wildman–Crippen MR) is 64.3 cm³/mol. The van der Waals surface area contributed by atoms with Gasteiger partial charge in [-0.05, 0) is 23.8 Å². The highest BCUT2D eigenvalue weighted by atomic mass is 35.5. The molecule has 1 aromatic rings. The van der Waals surface area contributed by atoms with E-state index in [0.717, 1.165) is 6.54 Å². The Morgan fingerprint density at radius 2 is 2.38 bits per heavy atom. The standard InChI is InChI=1S/C12H14ClN3/c1-12(2)5-9(12)7-16-11-10(13)8(6-14)3-4-15-11/h3-4,9H,5,7H2,1-2H3,(H,15,16). The van der Waals surface area contributed by atoms with Crippen LogP contribution < -0.4 is 5.32 Å². The van der Waals surface area contributed by atoms with Crippen LogP contribution in [0.15, 0.2) is 12.3 Å². The molecule has 0 bridgehead atoms. The zero-order valence-corrected chi connectivity index (χ0v) is 10.2. The number of aromatic nitrogens is 1. The highest BCUT2D eigenvalue weighted by Crippen LogP contribution is 2.51. The van der Waals surface area contributed by atoms with Crippen molar-refractivity contribution in [3.8, 4) is 6.07 Å². The Labute approximate surface area is 100 Å². The van der Waals surface area contributed by atoms with Crippen molar-refractivity contribution >= 4 is 17.4 Å². The number of hydrogen-bond acceptors (Lipinski definition) is 3. The Hall–Kier alpha value is -1.27. The van der Waals surface area contributed by atoms with E-state index in [0.29, 0.717) is 27.7 Å². The average molecular weight is 236 g/mol. The minimum Gasteiger partial charge on any atom is -0.369 e. The topological polar surface area (TPSA) is 48.7 Å². The Kier molecular flexibility index (Phi) is 2.77. The van der Waals surface area contributed by atoms with Crippen LogP contribution in [0.4, 0.5) is 5.82 Å². The number of anilines is 1. The molecule has 2 rings (SSSR count). The van der Waals surface area contributed by atoms with E-state index in [-0.39, 0.29) is 0 Å². The van der Waals surface area contributed by atoms with Crippen LogP contribution in [-0.2, 0) is 0 Å². The predicted octanol–water partition coefficient (Wildman–Crippen LogP) is 3.06. The van der Waals surface area contributed by atoms with E-state index >= 15 is 0 Å². The molecule has 1 aromatic heterocycles. The summed E-state index contributed by atoms with van der Waals surface area (Å²) in [6.07, 6.45) is 2.83. The third-order valence-electron chi connectivity index (χ3n) is 3.24. The van der Waals surface area contributed by atoms with Gasteiger partial charge in [0.15, 0.2) is 0 Å². The first-order chi connectivity index (χ1) is 7.54. The number of nitriles is 1. The fourth-order valence-electron chi connectivity index (χ4n) is 1.80. The second-order valence-electron chi connectivity index (χ2n) is 4.90. The molecule has 1 aliphatic carbocycles. The Balaban J connectivity index is 2.03. The summed E-state index contributed by atoms with van der Waals surface area (Å²) in [5.41, 5.74) is 0.904. The average Bonchev–Trinajstić information content (AvgIpc) is 2.85. The van der Waals surface area contributed by atoms with Crippen molar-refractivity contribution in [3.05, 3.63) is 22.8 Å². The van der Waals surface area contributed by atoms with Gasteiger partial charge < -0.3 is 5.32 Å². The van der Waals surface area contributed by atoms with Crippen LogP contribution in [0.3, 0.4) is 0 Å².